The predicted molar refractivity (Wildman–Crippen MR) is 76.6 cm³/mol. The maximum atomic E-state index is 10.1. The summed E-state index contributed by atoms with van der Waals surface area (Å²) in [5, 5.41) is 19.8. The average Bonchev–Trinajstić information content (AvgIpc) is 2.37. The van der Waals surface area contributed by atoms with Crippen molar-refractivity contribution < 1.29 is 5.11 Å². The van der Waals surface area contributed by atoms with Crippen LogP contribution < -0.4 is 0 Å². The molecule has 0 saturated carbocycles. The van der Waals surface area contributed by atoms with Gasteiger partial charge in [0.2, 0.25) is 0 Å². The highest BCUT2D eigenvalue weighted by Gasteiger charge is 2.12. The van der Waals surface area contributed by atoms with Crippen molar-refractivity contribution in [1.29, 1.82) is 5.26 Å². The molecule has 0 heterocycles. The number of aromatic hydroxyl groups is 1. The Morgan fingerprint density at radius 3 is 2.68 bits per heavy atom. The van der Waals surface area contributed by atoms with E-state index in [2.05, 4.69) is 6.07 Å². The van der Waals surface area contributed by atoms with Crippen LogP contribution >= 0.6 is 11.6 Å². The molecule has 0 bridgehead atoms. The normalized spacial score (nSPS) is 10.2. The minimum absolute atomic E-state index is 0.273. The van der Waals surface area contributed by atoms with Crippen LogP contribution in [0.3, 0.4) is 0 Å². The molecule has 2 aromatic rings. The van der Waals surface area contributed by atoms with Crippen LogP contribution in [0.2, 0.25) is 5.02 Å². The Bertz CT molecular complexity index is 671. The molecule has 0 radical (unpaired) electrons. The second-order valence-corrected chi connectivity index (χ2v) is 5.05. The van der Waals surface area contributed by atoms with E-state index in [4.69, 9.17) is 16.9 Å². The lowest BCUT2D eigenvalue weighted by Crippen LogP contribution is -1.96. The van der Waals surface area contributed by atoms with Crippen molar-refractivity contribution in [2.24, 2.45) is 0 Å². The number of nitrogens with zero attached hydrogens (tertiary/aromatic N) is 1. The maximum absolute atomic E-state index is 10.1. The number of benzene rings is 2. The quantitative estimate of drug-likeness (QED) is 0.893. The first kappa shape index (κ1) is 13.5. The van der Waals surface area contributed by atoms with E-state index in [1.54, 1.807) is 18.2 Å². The van der Waals surface area contributed by atoms with Crippen molar-refractivity contribution in [2.45, 2.75) is 20.3 Å². The van der Waals surface area contributed by atoms with Gasteiger partial charge in [-0.05, 0) is 42.7 Å². The van der Waals surface area contributed by atoms with Crippen molar-refractivity contribution in [3.63, 3.8) is 0 Å². The van der Waals surface area contributed by atoms with Crippen LogP contribution in [-0.4, -0.2) is 5.11 Å². The van der Waals surface area contributed by atoms with Crippen LogP contribution in [0, 0.1) is 25.2 Å². The summed E-state index contributed by atoms with van der Waals surface area (Å²) in [6.45, 7) is 3.84. The molecule has 1 N–H and O–H groups in total. The molecule has 0 fully saturated rings. The van der Waals surface area contributed by atoms with Crippen molar-refractivity contribution in [3.05, 3.63) is 63.2 Å². The lowest BCUT2D eigenvalue weighted by Gasteiger charge is -2.11. The molecule has 0 amide bonds. The van der Waals surface area contributed by atoms with E-state index < -0.39 is 0 Å². The molecule has 2 nitrogen and oxygen atoms in total. The molecule has 2 rings (SSSR count). The molecular formula is C16H14ClNO. The second-order valence-electron chi connectivity index (χ2n) is 4.64. The number of halogens is 1. The van der Waals surface area contributed by atoms with Gasteiger partial charge in [-0.3, -0.25) is 0 Å². The first-order valence-electron chi connectivity index (χ1n) is 5.99. The molecule has 3 heteroatoms. The number of rotatable bonds is 2. The number of nitriles is 1. The highest BCUT2D eigenvalue weighted by atomic mass is 35.5. The van der Waals surface area contributed by atoms with Gasteiger partial charge in [-0.2, -0.15) is 5.26 Å². The van der Waals surface area contributed by atoms with E-state index in [9.17, 15) is 5.11 Å². The molecular weight excluding hydrogens is 258 g/mol. The molecule has 0 saturated heterocycles. The molecule has 19 heavy (non-hydrogen) atoms. The topological polar surface area (TPSA) is 44.0 Å². The summed E-state index contributed by atoms with van der Waals surface area (Å²) < 4.78 is 0. The summed E-state index contributed by atoms with van der Waals surface area (Å²) in [5.41, 5.74) is 4.01. The van der Waals surface area contributed by atoms with Crippen molar-refractivity contribution in [3.8, 4) is 11.8 Å². The van der Waals surface area contributed by atoms with Gasteiger partial charge >= 0.3 is 0 Å². The average molecular weight is 272 g/mol. The lowest BCUT2D eigenvalue weighted by molar-refractivity contribution is 0.465. The van der Waals surface area contributed by atoms with Gasteiger partial charge in [0, 0.05) is 11.4 Å². The Hall–Kier alpha value is -1.98. The summed E-state index contributed by atoms with van der Waals surface area (Å²) in [4.78, 5) is 0. The first-order chi connectivity index (χ1) is 9.02. The third-order valence-electron chi connectivity index (χ3n) is 3.13. The van der Waals surface area contributed by atoms with Gasteiger partial charge in [-0.1, -0.05) is 35.4 Å². The summed E-state index contributed by atoms with van der Waals surface area (Å²) in [6, 6.07) is 11.2. The minimum Gasteiger partial charge on any atom is -0.507 e. The van der Waals surface area contributed by atoms with Crippen molar-refractivity contribution in [1.82, 2.24) is 0 Å². The van der Waals surface area contributed by atoms with E-state index >= 15 is 0 Å². The molecule has 0 aliphatic rings. The van der Waals surface area contributed by atoms with Gasteiger partial charge in [0.05, 0.1) is 11.6 Å². The highest BCUT2D eigenvalue weighted by Crippen LogP contribution is 2.29. The van der Waals surface area contributed by atoms with Gasteiger partial charge < -0.3 is 5.11 Å². The van der Waals surface area contributed by atoms with Gasteiger partial charge in [-0.25, -0.2) is 0 Å². The Balaban J connectivity index is 2.51. The summed E-state index contributed by atoms with van der Waals surface area (Å²) in [6.07, 6.45) is 0.455. The largest absolute Gasteiger partial charge is 0.507 e. The smallest absolute Gasteiger partial charge is 0.122 e. The Morgan fingerprint density at radius 1 is 1.26 bits per heavy atom. The van der Waals surface area contributed by atoms with E-state index in [0.29, 0.717) is 17.0 Å². The van der Waals surface area contributed by atoms with E-state index in [1.807, 2.05) is 26.0 Å². The number of hydrogen-bond donors (Lipinski definition) is 1. The summed E-state index contributed by atoms with van der Waals surface area (Å²) in [5.74, 6) is 0.273. The van der Waals surface area contributed by atoms with Crippen LogP contribution in [0.15, 0.2) is 30.3 Å². The molecule has 96 valence electrons. The molecule has 0 aliphatic carbocycles. The summed E-state index contributed by atoms with van der Waals surface area (Å²) >= 11 is 6.16. The van der Waals surface area contributed by atoms with Gasteiger partial charge in [0.15, 0.2) is 0 Å². The van der Waals surface area contributed by atoms with Crippen LogP contribution in [-0.2, 0) is 6.42 Å². The first-order valence-corrected chi connectivity index (χ1v) is 6.37. The summed E-state index contributed by atoms with van der Waals surface area (Å²) in [7, 11) is 0. The van der Waals surface area contributed by atoms with Crippen LogP contribution in [0.1, 0.15) is 27.8 Å². The Kier molecular flexibility index (Phi) is 3.78. The fourth-order valence-corrected chi connectivity index (χ4v) is 2.46. The fourth-order valence-electron chi connectivity index (χ4n) is 2.22. The monoisotopic (exact) mass is 271 g/mol. The molecule has 0 spiro atoms. The zero-order valence-electron chi connectivity index (χ0n) is 10.9. The molecule has 0 atom stereocenters. The van der Waals surface area contributed by atoms with Crippen LogP contribution in [0.5, 0.6) is 5.75 Å². The van der Waals surface area contributed by atoms with Gasteiger partial charge in [0.1, 0.15) is 5.75 Å². The van der Waals surface area contributed by atoms with Gasteiger partial charge in [0.25, 0.3) is 0 Å². The van der Waals surface area contributed by atoms with E-state index in [0.717, 1.165) is 22.3 Å². The Labute approximate surface area is 117 Å². The Morgan fingerprint density at radius 2 is 2.00 bits per heavy atom. The number of hydrogen-bond acceptors (Lipinski definition) is 2. The minimum atomic E-state index is 0.273. The van der Waals surface area contributed by atoms with Crippen LogP contribution in [0.4, 0.5) is 0 Å². The zero-order valence-corrected chi connectivity index (χ0v) is 11.6. The lowest BCUT2D eigenvalue weighted by atomic mass is 9.96. The second kappa shape index (κ2) is 5.34. The third kappa shape index (κ3) is 2.72. The van der Waals surface area contributed by atoms with Crippen molar-refractivity contribution in [2.75, 3.05) is 0 Å². The van der Waals surface area contributed by atoms with E-state index in [-0.39, 0.29) is 5.75 Å². The van der Waals surface area contributed by atoms with E-state index in [1.165, 1.54) is 0 Å². The zero-order chi connectivity index (χ0) is 14.0. The predicted octanol–water partition coefficient (Wildman–Crippen LogP) is 4.12. The molecule has 0 unspecified atom stereocenters. The maximum Gasteiger partial charge on any atom is 0.122 e. The third-order valence-corrected chi connectivity index (χ3v) is 3.48. The SMILES string of the molecule is Cc1cc(C)c(O)c(Cc2c(Cl)cccc2C#N)c1. The molecule has 0 aromatic heterocycles. The number of phenols is 1. The molecule has 2 aromatic carbocycles. The van der Waals surface area contributed by atoms with Crippen LogP contribution in [0.25, 0.3) is 0 Å². The number of aryl methyl sites for hydroxylation is 2. The van der Waals surface area contributed by atoms with Gasteiger partial charge in [-0.15, -0.1) is 0 Å². The molecule has 0 aliphatic heterocycles. The number of phenolic OH excluding ortho intramolecular Hbond substituents is 1. The highest BCUT2D eigenvalue weighted by molar-refractivity contribution is 6.31. The standard InChI is InChI=1S/C16H14ClNO/c1-10-6-11(2)16(19)13(7-10)8-14-12(9-18)4-3-5-15(14)17/h3-7,19H,8H2,1-2H3. The van der Waals surface area contributed by atoms with Crippen molar-refractivity contribution >= 4 is 11.6 Å². The fraction of sp³-hybridized carbons (Fsp3) is 0.188.